The number of hydrogen-bond acceptors (Lipinski definition) is 3. The molecule has 0 bridgehead atoms. The molecule has 0 saturated carbocycles. The van der Waals surface area contributed by atoms with Crippen molar-refractivity contribution in [3.8, 4) is 5.75 Å². The van der Waals surface area contributed by atoms with E-state index in [2.05, 4.69) is 10.6 Å². The molecule has 0 heterocycles. The first-order valence-electron chi connectivity index (χ1n) is 8.75. The van der Waals surface area contributed by atoms with Gasteiger partial charge in [-0.3, -0.25) is 10.1 Å². The van der Waals surface area contributed by atoms with E-state index in [9.17, 15) is 9.18 Å². The molecule has 4 nitrogen and oxygen atoms in total. The van der Waals surface area contributed by atoms with Crippen LogP contribution in [0.1, 0.15) is 31.0 Å². The van der Waals surface area contributed by atoms with Crippen LogP contribution in [0.3, 0.4) is 0 Å². The number of rotatable bonds is 8. The molecule has 27 heavy (non-hydrogen) atoms. The van der Waals surface area contributed by atoms with Crippen LogP contribution in [0.15, 0.2) is 78.3 Å². The van der Waals surface area contributed by atoms with Crippen LogP contribution in [0.25, 0.3) is 0 Å². The summed E-state index contributed by atoms with van der Waals surface area (Å²) in [6.07, 6.45) is 2.94. The lowest BCUT2D eigenvalue weighted by molar-refractivity contribution is -0.119. The lowest BCUT2D eigenvalue weighted by Gasteiger charge is -2.20. The van der Waals surface area contributed by atoms with Crippen LogP contribution < -0.4 is 15.4 Å². The molecule has 2 N–H and O–H groups in total. The van der Waals surface area contributed by atoms with Crippen LogP contribution in [-0.4, -0.2) is 19.6 Å². The second-order valence-electron chi connectivity index (χ2n) is 6.02. The summed E-state index contributed by atoms with van der Waals surface area (Å²) in [5.74, 6) is 0.138. The Balaban J connectivity index is 2.16. The van der Waals surface area contributed by atoms with E-state index < -0.39 is 0 Å². The van der Waals surface area contributed by atoms with Gasteiger partial charge in [0.05, 0.1) is 25.5 Å². The van der Waals surface area contributed by atoms with Crippen LogP contribution in [0.2, 0.25) is 0 Å². The molecule has 0 aliphatic carbocycles. The van der Waals surface area contributed by atoms with Gasteiger partial charge in [-0.25, -0.2) is 4.39 Å². The third-order valence-corrected chi connectivity index (χ3v) is 3.98. The SMILES string of the molecule is C/C=C(\C=C(/C)F)NC(=O)CNC(c1ccccc1)c1cccc(OC)c1. The zero-order chi connectivity index (χ0) is 19.6. The van der Waals surface area contributed by atoms with Crippen molar-refractivity contribution < 1.29 is 13.9 Å². The molecule has 0 spiro atoms. The van der Waals surface area contributed by atoms with E-state index in [0.29, 0.717) is 5.70 Å². The number of amides is 1. The Morgan fingerprint density at radius 3 is 2.48 bits per heavy atom. The number of carbonyl (C=O) groups is 1. The molecule has 2 aromatic carbocycles. The van der Waals surface area contributed by atoms with Crippen molar-refractivity contribution in [2.24, 2.45) is 0 Å². The maximum atomic E-state index is 13.1. The summed E-state index contributed by atoms with van der Waals surface area (Å²) in [6, 6.07) is 17.4. The Labute approximate surface area is 159 Å². The summed E-state index contributed by atoms with van der Waals surface area (Å²) < 4.78 is 18.4. The number of carbonyl (C=O) groups excluding carboxylic acids is 1. The molecule has 0 saturated heterocycles. The predicted octanol–water partition coefficient (Wildman–Crippen LogP) is 4.27. The fourth-order valence-electron chi connectivity index (χ4n) is 2.70. The Hall–Kier alpha value is -2.92. The molecule has 0 aromatic heterocycles. The zero-order valence-electron chi connectivity index (χ0n) is 15.8. The molecule has 142 valence electrons. The maximum absolute atomic E-state index is 13.1. The average molecular weight is 368 g/mol. The Kier molecular flexibility index (Phi) is 7.77. The van der Waals surface area contributed by atoms with Crippen molar-refractivity contribution in [2.45, 2.75) is 19.9 Å². The lowest BCUT2D eigenvalue weighted by atomic mass is 9.98. The molecule has 2 rings (SSSR count). The summed E-state index contributed by atoms with van der Waals surface area (Å²) in [5, 5.41) is 5.97. The summed E-state index contributed by atoms with van der Waals surface area (Å²) in [7, 11) is 1.62. The van der Waals surface area contributed by atoms with Crippen molar-refractivity contribution in [3.63, 3.8) is 0 Å². The van der Waals surface area contributed by atoms with Crippen molar-refractivity contribution in [3.05, 3.63) is 89.4 Å². The van der Waals surface area contributed by atoms with Crippen LogP contribution in [0, 0.1) is 0 Å². The molecule has 0 aliphatic heterocycles. The minimum Gasteiger partial charge on any atom is -0.497 e. The molecule has 0 fully saturated rings. The second kappa shape index (κ2) is 10.3. The summed E-state index contributed by atoms with van der Waals surface area (Å²) in [5.41, 5.74) is 2.45. The molecule has 1 atom stereocenters. The number of ether oxygens (including phenoxy) is 1. The van der Waals surface area contributed by atoms with E-state index >= 15 is 0 Å². The maximum Gasteiger partial charge on any atom is 0.238 e. The van der Waals surface area contributed by atoms with Gasteiger partial charge in [-0.05, 0) is 43.2 Å². The van der Waals surface area contributed by atoms with E-state index in [4.69, 9.17) is 4.74 Å². The number of benzene rings is 2. The molecule has 0 aliphatic rings. The topological polar surface area (TPSA) is 50.4 Å². The molecule has 2 aromatic rings. The Morgan fingerprint density at radius 2 is 1.85 bits per heavy atom. The quantitative estimate of drug-likeness (QED) is 0.684. The number of nitrogens with one attached hydrogen (secondary N) is 2. The number of methoxy groups -OCH3 is 1. The smallest absolute Gasteiger partial charge is 0.238 e. The normalized spacial score (nSPS) is 13.2. The summed E-state index contributed by atoms with van der Waals surface area (Å²) >= 11 is 0. The van der Waals surface area contributed by atoms with Crippen molar-refractivity contribution in [2.75, 3.05) is 13.7 Å². The molecular weight excluding hydrogens is 343 g/mol. The van der Waals surface area contributed by atoms with Gasteiger partial charge in [0.25, 0.3) is 0 Å². The van der Waals surface area contributed by atoms with Crippen LogP contribution >= 0.6 is 0 Å². The van der Waals surface area contributed by atoms with Crippen molar-refractivity contribution in [1.29, 1.82) is 0 Å². The van der Waals surface area contributed by atoms with Gasteiger partial charge in [0.2, 0.25) is 5.91 Å². The first-order valence-corrected chi connectivity index (χ1v) is 8.75. The average Bonchev–Trinajstić information content (AvgIpc) is 2.68. The van der Waals surface area contributed by atoms with Crippen molar-refractivity contribution >= 4 is 5.91 Å². The predicted molar refractivity (Wildman–Crippen MR) is 106 cm³/mol. The lowest BCUT2D eigenvalue weighted by Crippen LogP contribution is -2.35. The van der Waals surface area contributed by atoms with Gasteiger partial charge < -0.3 is 10.1 Å². The van der Waals surface area contributed by atoms with Gasteiger partial charge in [0, 0.05) is 5.70 Å². The molecule has 1 unspecified atom stereocenters. The van der Waals surface area contributed by atoms with E-state index in [1.807, 2.05) is 54.6 Å². The third-order valence-electron chi connectivity index (χ3n) is 3.98. The first kappa shape index (κ1) is 20.4. The van der Waals surface area contributed by atoms with E-state index in [1.165, 1.54) is 13.0 Å². The van der Waals surface area contributed by atoms with Gasteiger partial charge in [-0.15, -0.1) is 0 Å². The third kappa shape index (κ3) is 6.38. The molecule has 1 amide bonds. The first-order chi connectivity index (χ1) is 13.0. The van der Waals surface area contributed by atoms with Crippen LogP contribution in [0.4, 0.5) is 4.39 Å². The van der Waals surface area contributed by atoms with E-state index in [0.717, 1.165) is 16.9 Å². The largest absolute Gasteiger partial charge is 0.497 e. The highest BCUT2D eigenvalue weighted by molar-refractivity contribution is 5.80. The number of halogens is 1. The highest BCUT2D eigenvalue weighted by atomic mass is 19.1. The fraction of sp³-hybridized carbons (Fsp3) is 0.227. The van der Waals surface area contributed by atoms with Gasteiger partial charge in [0.1, 0.15) is 5.75 Å². The highest BCUT2D eigenvalue weighted by Gasteiger charge is 2.16. The van der Waals surface area contributed by atoms with Gasteiger partial charge in [-0.1, -0.05) is 48.5 Å². The van der Waals surface area contributed by atoms with Gasteiger partial charge in [0.15, 0.2) is 0 Å². The number of hydrogen-bond donors (Lipinski definition) is 2. The van der Waals surface area contributed by atoms with Gasteiger partial charge in [-0.2, -0.15) is 0 Å². The fourth-order valence-corrected chi connectivity index (χ4v) is 2.70. The zero-order valence-corrected chi connectivity index (χ0v) is 15.8. The molecular formula is C22H25FN2O2. The second-order valence-corrected chi connectivity index (χ2v) is 6.02. The Morgan fingerprint density at radius 1 is 1.15 bits per heavy atom. The minimum absolute atomic E-state index is 0.0767. The Bertz CT molecular complexity index is 812. The molecule has 5 heteroatoms. The number of allylic oxidation sites excluding steroid dienone is 3. The van der Waals surface area contributed by atoms with E-state index in [1.54, 1.807) is 20.1 Å². The summed E-state index contributed by atoms with van der Waals surface area (Å²) in [4.78, 5) is 12.3. The summed E-state index contributed by atoms with van der Waals surface area (Å²) in [6.45, 7) is 3.15. The van der Waals surface area contributed by atoms with Crippen LogP contribution in [-0.2, 0) is 4.79 Å². The highest BCUT2D eigenvalue weighted by Crippen LogP contribution is 2.25. The minimum atomic E-state index is -0.366. The van der Waals surface area contributed by atoms with Crippen molar-refractivity contribution in [1.82, 2.24) is 10.6 Å². The van der Waals surface area contributed by atoms with Gasteiger partial charge >= 0.3 is 0 Å². The monoisotopic (exact) mass is 368 g/mol. The van der Waals surface area contributed by atoms with E-state index in [-0.39, 0.29) is 24.3 Å². The van der Waals surface area contributed by atoms with Crippen LogP contribution in [0.5, 0.6) is 5.75 Å². The molecule has 0 radical (unpaired) electrons. The standard InChI is InChI=1S/C22H25FN2O2/c1-4-19(13-16(2)23)25-21(26)15-24-22(17-9-6-5-7-10-17)18-11-8-12-20(14-18)27-3/h4-14,22,24H,15H2,1-3H3,(H,25,26)/b16-13+,19-4+.